The molecule has 1 amide bonds. The Kier molecular flexibility index (Phi) is 5.42. The maximum atomic E-state index is 11.9. The van der Waals surface area contributed by atoms with Crippen molar-refractivity contribution in [2.24, 2.45) is 11.1 Å². The maximum absolute atomic E-state index is 11.9. The molecule has 1 aromatic carbocycles. The van der Waals surface area contributed by atoms with E-state index in [0.717, 1.165) is 6.42 Å². The molecule has 1 saturated carbocycles. The summed E-state index contributed by atoms with van der Waals surface area (Å²) in [5, 5.41) is 11.4. The summed E-state index contributed by atoms with van der Waals surface area (Å²) >= 11 is 0. The van der Waals surface area contributed by atoms with Crippen molar-refractivity contribution in [2.45, 2.75) is 57.9 Å². The molecule has 1 aliphatic rings. The first-order chi connectivity index (χ1) is 10.8. The molecule has 5 nitrogen and oxygen atoms in total. The Morgan fingerprint density at radius 3 is 2.83 bits per heavy atom. The Morgan fingerprint density at radius 1 is 1.43 bits per heavy atom. The first kappa shape index (κ1) is 17.5. The molecular formula is C18H26N2O3. The largest absolute Gasteiger partial charge is 0.481 e. The third-order valence-electron chi connectivity index (χ3n) is 4.56. The highest BCUT2D eigenvalue weighted by atomic mass is 16.4. The third-order valence-corrected chi connectivity index (χ3v) is 4.56. The molecule has 1 aliphatic carbocycles. The molecule has 1 aromatic rings. The smallest absolute Gasteiger partial charge is 0.305 e. The molecule has 2 rings (SSSR count). The predicted molar refractivity (Wildman–Crippen MR) is 90.3 cm³/mol. The van der Waals surface area contributed by atoms with Crippen molar-refractivity contribution in [3.63, 3.8) is 0 Å². The lowest BCUT2D eigenvalue weighted by Gasteiger charge is -2.35. The van der Waals surface area contributed by atoms with Crippen LogP contribution >= 0.6 is 0 Å². The zero-order valence-electron chi connectivity index (χ0n) is 13.8. The fraction of sp³-hybridized carbons (Fsp3) is 0.556. The Labute approximate surface area is 137 Å². The lowest BCUT2D eigenvalue weighted by atomic mass is 9.70. The van der Waals surface area contributed by atoms with Crippen LogP contribution in [0.4, 0.5) is 5.69 Å². The number of carboxylic acids is 1. The van der Waals surface area contributed by atoms with Crippen LogP contribution in [0, 0.1) is 5.41 Å². The van der Waals surface area contributed by atoms with Crippen molar-refractivity contribution < 1.29 is 14.7 Å². The summed E-state index contributed by atoms with van der Waals surface area (Å²) in [5.74, 6) is -1.04. The zero-order chi connectivity index (χ0) is 17.0. The summed E-state index contributed by atoms with van der Waals surface area (Å²) in [6.45, 7) is 4.60. The molecule has 1 unspecified atom stereocenters. The summed E-state index contributed by atoms with van der Waals surface area (Å²) in [6, 6.07) is 6.78. The van der Waals surface area contributed by atoms with Gasteiger partial charge in [-0.05, 0) is 48.3 Å². The lowest BCUT2D eigenvalue weighted by Crippen LogP contribution is -2.37. The van der Waals surface area contributed by atoms with Gasteiger partial charge in [0.2, 0.25) is 5.91 Å². The molecule has 0 aromatic heterocycles. The highest BCUT2D eigenvalue weighted by molar-refractivity contribution is 5.96. The van der Waals surface area contributed by atoms with Crippen LogP contribution in [0.2, 0.25) is 0 Å². The Balaban J connectivity index is 2.05. The topological polar surface area (TPSA) is 92.4 Å². The van der Waals surface area contributed by atoms with Crippen LogP contribution in [0.25, 0.3) is 0 Å². The standard InChI is InChI=1S/C18H26N2O3/c1-18(2)8-4-6-13(11-18)12-5-3-7-14(9-12)20-17(23)15(19)10-16(21)22/h3,5,7,9,13,15H,4,6,8,10-11,19H2,1-2H3,(H,20,23)(H,21,22)/t13?,15-/m0/s1. The van der Waals surface area contributed by atoms with Gasteiger partial charge >= 0.3 is 5.97 Å². The fourth-order valence-electron chi connectivity index (χ4n) is 3.37. The van der Waals surface area contributed by atoms with Crippen LogP contribution in [-0.4, -0.2) is 23.0 Å². The van der Waals surface area contributed by atoms with Gasteiger partial charge in [0.1, 0.15) is 0 Å². The second-order valence-electron chi connectivity index (χ2n) is 7.28. The monoisotopic (exact) mass is 318 g/mol. The Hall–Kier alpha value is -1.88. The van der Waals surface area contributed by atoms with Crippen LogP contribution in [0.1, 0.15) is 57.4 Å². The number of carboxylic acid groups (broad SMARTS) is 1. The summed E-state index contributed by atoms with van der Waals surface area (Å²) in [6.07, 6.45) is 4.41. The minimum absolute atomic E-state index is 0.353. The predicted octanol–water partition coefficient (Wildman–Crippen LogP) is 3.11. The highest BCUT2D eigenvalue weighted by Gasteiger charge is 2.29. The average Bonchev–Trinajstić information content (AvgIpc) is 2.45. The second kappa shape index (κ2) is 7.13. The number of benzene rings is 1. The van der Waals surface area contributed by atoms with E-state index in [1.54, 1.807) is 0 Å². The van der Waals surface area contributed by atoms with Crippen LogP contribution in [0.3, 0.4) is 0 Å². The molecule has 126 valence electrons. The average molecular weight is 318 g/mol. The molecule has 2 atom stereocenters. The van der Waals surface area contributed by atoms with E-state index in [1.165, 1.54) is 24.8 Å². The van der Waals surface area contributed by atoms with Gasteiger partial charge in [-0.25, -0.2) is 0 Å². The van der Waals surface area contributed by atoms with Gasteiger partial charge in [0.05, 0.1) is 12.5 Å². The van der Waals surface area contributed by atoms with Crippen molar-refractivity contribution in [3.8, 4) is 0 Å². The summed E-state index contributed by atoms with van der Waals surface area (Å²) in [4.78, 5) is 22.6. The first-order valence-electron chi connectivity index (χ1n) is 8.15. The van der Waals surface area contributed by atoms with E-state index >= 15 is 0 Å². The summed E-state index contributed by atoms with van der Waals surface area (Å²) in [7, 11) is 0. The van der Waals surface area contributed by atoms with E-state index in [2.05, 4.69) is 25.2 Å². The van der Waals surface area contributed by atoms with E-state index < -0.39 is 17.9 Å². The number of nitrogens with one attached hydrogen (secondary N) is 1. The normalized spacial score (nSPS) is 21.4. The molecule has 0 aliphatic heterocycles. The van der Waals surface area contributed by atoms with Crippen molar-refractivity contribution in [1.82, 2.24) is 0 Å². The molecule has 0 spiro atoms. The number of amides is 1. The van der Waals surface area contributed by atoms with E-state index in [9.17, 15) is 9.59 Å². The van der Waals surface area contributed by atoms with Gasteiger partial charge in [0.15, 0.2) is 0 Å². The second-order valence-corrected chi connectivity index (χ2v) is 7.28. The van der Waals surface area contributed by atoms with Gasteiger partial charge in [-0.3, -0.25) is 9.59 Å². The van der Waals surface area contributed by atoms with E-state index in [1.807, 2.05) is 18.2 Å². The molecular weight excluding hydrogens is 292 g/mol. The van der Waals surface area contributed by atoms with Gasteiger partial charge in [-0.15, -0.1) is 0 Å². The van der Waals surface area contributed by atoms with Crippen molar-refractivity contribution >= 4 is 17.6 Å². The number of carbonyl (C=O) groups excluding carboxylic acids is 1. The van der Waals surface area contributed by atoms with Gasteiger partial charge in [-0.2, -0.15) is 0 Å². The number of carbonyl (C=O) groups is 2. The highest BCUT2D eigenvalue weighted by Crippen LogP contribution is 2.43. The Bertz CT molecular complexity index is 583. The van der Waals surface area contributed by atoms with E-state index in [0.29, 0.717) is 17.0 Å². The number of nitrogens with two attached hydrogens (primary N) is 1. The third kappa shape index (κ3) is 5.06. The van der Waals surface area contributed by atoms with Gasteiger partial charge in [0.25, 0.3) is 0 Å². The summed E-state index contributed by atoms with van der Waals surface area (Å²) < 4.78 is 0. The Morgan fingerprint density at radius 2 is 2.17 bits per heavy atom. The minimum atomic E-state index is -1.08. The molecule has 0 saturated heterocycles. The number of hydrogen-bond donors (Lipinski definition) is 3. The maximum Gasteiger partial charge on any atom is 0.305 e. The molecule has 23 heavy (non-hydrogen) atoms. The molecule has 0 bridgehead atoms. The minimum Gasteiger partial charge on any atom is -0.481 e. The van der Waals surface area contributed by atoms with Crippen molar-refractivity contribution in [1.29, 1.82) is 0 Å². The molecule has 0 heterocycles. The van der Waals surface area contributed by atoms with Crippen LogP contribution in [0.15, 0.2) is 24.3 Å². The number of hydrogen-bond acceptors (Lipinski definition) is 3. The lowest BCUT2D eigenvalue weighted by molar-refractivity contribution is -0.138. The van der Waals surface area contributed by atoms with Gasteiger partial charge < -0.3 is 16.2 Å². The van der Waals surface area contributed by atoms with Gasteiger partial charge in [-0.1, -0.05) is 32.4 Å². The molecule has 0 radical (unpaired) electrons. The zero-order valence-corrected chi connectivity index (χ0v) is 13.8. The molecule has 1 fully saturated rings. The van der Waals surface area contributed by atoms with Gasteiger partial charge in [0, 0.05) is 5.69 Å². The van der Waals surface area contributed by atoms with Crippen molar-refractivity contribution in [2.75, 3.05) is 5.32 Å². The fourth-order valence-corrected chi connectivity index (χ4v) is 3.37. The van der Waals surface area contributed by atoms with Crippen LogP contribution in [0.5, 0.6) is 0 Å². The quantitative estimate of drug-likeness (QED) is 0.777. The van der Waals surface area contributed by atoms with E-state index in [4.69, 9.17) is 10.8 Å². The number of rotatable bonds is 5. The number of anilines is 1. The van der Waals surface area contributed by atoms with Crippen LogP contribution in [-0.2, 0) is 9.59 Å². The first-order valence-corrected chi connectivity index (χ1v) is 8.15. The molecule has 4 N–H and O–H groups in total. The van der Waals surface area contributed by atoms with Crippen molar-refractivity contribution in [3.05, 3.63) is 29.8 Å². The van der Waals surface area contributed by atoms with E-state index in [-0.39, 0.29) is 6.42 Å². The molecule has 5 heteroatoms. The number of aliphatic carboxylic acids is 1. The van der Waals surface area contributed by atoms with Crippen LogP contribution < -0.4 is 11.1 Å². The summed E-state index contributed by atoms with van der Waals surface area (Å²) in [5.41, 5.74) is 7.84. The SMILES string of the molecule is CC1(C)CCCC(c2cccc(NC(=O)[C@@H](N)CC(=O)O)c2)C1.